The number of fused-ring (bicyclic) bond motifs is 1. The summed E-state index contributed by atoms with van der Waals surface area (Å²) in [7, 11) is 0. The fourth-order valence-corrected chi connectivity index (χ4v) is 4.67. The molecule has 0 saturated heterocycles. The average Bonchev–Trinajstić information content (AvgIpc) is 2.81. The Kier molecular flexibility index (Phi) is 13.3. The van der Waals surface area contributed by atoms with Crippen LogP contribution >= 0.6 is 35.3 Å². The molecule has 2 unspecified atom stereocenters. The Hall–Kier alpha value is -1.10. The fraction of sp³-hybridized carbons (Fsp3) is 0.522. The molecule has 32 heavy (non-hydrogen) atoms. The van der Waals surface area contributed by atoms with Crippen LogP contribution in [0.25, 0.3) is 10.8 Å². The number of thioether (sulfide) groups is 3. The van der Waals surface area contributed by atoms with Gasteiger partial charge < -0.3 is 24.4 Å². The predicted octanol–water partition coefficient (Wildman–Crippen LogP) is 3.57. The highest BCUT2D eigenvalue weighted by Gasteiger charge is 2.12. The summed E-state index contributed by atoms with van der Waals surface area (Å²) in [6.07, 6.45) is 2.70. The van der Waals surface area contributed by atoms with Gasteiger partial charge >= 0.3 is 5.97 Å². The van der Waals surface area contributed by atoms with Crippen molar-refractivity contribution in [3.63, 3.8) is 0 Å². The van der Waals surface area contributed by atoms with Crippen LogP contribution in [0.5, 0.6) is 5.75 Å². The molecule has 9 heteroatoms. The summed E-state index contributed by atoms with van der Waals surface area (Å²) in [6.45, 7) is 0.978. The highest BCUT2D eigenvalue weighted by molar-refractivity contribution is 8.02. The van der Waals surface area contributed by atoms with Crippen LogP contribution in [0.2, 0.25) is 0 Å². The van der Waals surface area contributed by atoms with Crippen LogP contribution in [0.15, 0.2) is 36.4 Å². The van der Waals surface area contributed by atoms with Gasteiger partial charge in [0.25, 0.3) is 0 Å². The molecule has 2 atom stereocenters. The van der Waals surface area contributed by atoms with Crippen molar-refractivity contribution in [3.05, 3.63) is 42.0 Å². The quantitative estimate of drug-likeness (QED) is 0.265. The maximum Gasteiger partial charge on any atom is 0.338 e. The van der Waals surface area contributed by atoms with E-state index in [1.54, 1.807) is 53.5 Å². The molecular formula is C23H32O6S3. The average molecular weight is 501 g/mol. The molecule has 0 aliphatic rings. The summed E-state index contributed by atoms with van der Waals surface area (Å²) >= 11 is 5.11. The summed E-state index contributed by atoms with van der Waals surface area (Å²) in [6, 6.07) is 10.8. The van der Waals surface area contributed by atoms with Gasteiger partial charge in [0.2, 0.25) is 0 Å². The number of ether oxygens (including phenoxy) is 3. The van der Waals surface area contributed by atoms with Crippen molar-refractivity contribution < 1.29 is 29.2 Å². The summed E-state index contributed by atoms with van der Waals surface area (Å²) in [5, 5.41) is 21.7. The number of hydrogen-bond acceptors (Lipinski definition) is 9. The maximum absolute atomic E-state index is 12.3. The Morgan fingerprint density at radius 3 is 2.44 bits per heavy atom. The second-order valence-electron chi connectivity index (χ2n) is 7.08. The number of carbonyl (C=O) groups is 1. The minimum Gasteiger partial charge on any atom is -0.491 e. The summed E-state index contributed by atoms with van der Waals surface area (Å²) in [5.74, 6) is 3.63. The number of esters is 1. The lowest BCUT2D eigenvalue weighted by molar-refractivity contribution is 0.0173. The van der Waals surface area contributed by atoms with Crippen molar-refractivity contribution in [3.8, 4) is 5.75 Å². The standard InChI is InChI=1S/C23H32O6S3/c1-30-8-7-27-13-20(24)14-28-22-6-5-17-11-19(4-3-18(17)12-22)23(26)29-15-21(25)16-32-10-9-31-2/h3-6,11-12,20-21,24-25H,7-10,13-16H2,1-2H3. The molecule has 2 N–H and O–H groups in total. The Balaban J connectivity index is 1.82. The van der Waals surface area contributed by atoms with E-state index in [1.807, 2.05) is 30.7 Å². The number of hydrogen-bond donors (Lipinski definition) is 2. The first-order valence-electron chi connectivity index (χ1n) is 10.4. The monoisotopic (exact) mass is 500 g/mol. The third-order valence-electron chi connectivity index (χ3n) is 4.38. The van der Waals surface area contributed by atoms with Gasteiger partial charge in [0.1, 0.15) is 25.1 Å². The van der Waals surface area contributed by atoms with Gasteiger partial charge in [-0.3, -0.25) is 0 Å². The van der Waals surface area contributed by atoms with Gasteiger partial charge in [-0.2, -0.15) is 35.3 Å². The van der Waals surface area contributed by atoms with E-state index in [9.17, 15) is 15.0 Å². The van der Waals surface area contributed by atoms with Crippen LogP contribution in [0.1, 0.15) is 10.4 Å². The molecule has 178 valence electrons. The van der Waals surface area contributed by atoms with Crippen LogP contribution in [-0.2, 0) is 9.47 Å². The summed E-state index contributed by atoms with van der Waals surface area (Å²) in [5.41, 5.74) is 0.436. The molecule has 2 aromatic rings. The summed E-state index contributed by atoms with van der Waals surface area (Å²) < 4.78 is 16.3. The minimum absolute atomic E-state index is 0.0146. The molecule has 0 radical (unpaired) electrons. The van der Waals surface area contributed by atoms with Gasteiger partial charge in [-0.15, -0.1) is 0 Å². The van der Waals surface area contributed by atoms with Crippen molar-refractivity contribution >= 4 is 52.0 Å². The second-order valence-corrected chi connectivity index (χ2v) is 10.2. The van der Waals surface area contributed by atoms with Gasteiger partial charge in [0.05, 0.1) is 24.9 Å². The third kappa shape index (κ3) is 10.2. The zero-order valence-corrected chi connectivity index (χ0v) is 21.0. The van der Waals surface area contributed by atoms with Crippen LogP contribution in [0.3, 0.4) is 0 Å². The SMILES string of the molecule is CSCCOCC(O)COc1ccc2cc(C(=O)OCC(O)CSCCSC)ccc2c1. The molecule has 0 spiro atoms. The Bertz CT molecular complexity index is 819. The van der Waals surface area contributed by atoms with Crippen LogP contribution < -0.4 is 4.74 Å². The van der Waals surface area contributed by atoms with E-state index in [2.05, 4.69) is 0 Å². The van der Waals surface area contributed by atoms with E-state index in [1.165, 1.54) is 0 Å². The second kappa shape index (κ2) is 15.7. The normalized spacial score (nSPS) is 13.1. The first-order chi connectivity index (χ1) is 15.5. The molecule has 0 amide bonds. The van der Waals surface area contributed by atoms with Crippen LogP contribution in [-0.4, -0.2) is 90.3 Å². The largest absolute Gasteiger partial charge is 0.491 e. The zero-order chi connectivity index (χ0) is 23.2. The van der Waals surface area contributed by atoms with E-state index in [-0.39, 0.29) is 19.8 Å². The van der Waals surface area contributed by atoms with Crippen molar-refractivity contribution in [2.24, 2.45) is 0 Å². The van der Waals surface area contributed by atoms with Gasteiger partial charge in [0, 0.05) is 23.0 Å². The smallest absolute Gasteiger partial charge is 0.338 e. The molecule has 0 bridgehead atoms. The number of carbonyl (C=O) groups excluding carboxylic acids is 1. The van der Waals surface area contributed by atoms with Crippen molar-refractivity contribution in [1.29, 1.82) is 0 Å². The van der Waals surface area contributed by atoms with Crippen molar-refractivity contribution in [2.75, 3.05) is 62.0 Å². The van der Waals surface area contributed by atoms with Gasteiger partial charge in [0.15, 0.2) is 0 Å². The van der Waals surface area contributed by atoms with E-state index >= 15 is 0 Å². The molecule has 6 nitrogen and oxygen atoms in total. The van der Waals surface area contributed by atoms with Crippen LogP contribution in [0.4, 0.5) is 0 Å². The lowest BCUT2D eigenvalue weighted by atomic mass is 10.1. The molecule has 0 aromatic heterocycles. The predicted molar refractivity (Wildman–Crippen MR) is 137 cm³/mol. The first-order valence-corrected chi connectivity index (χ1v) is 14.3. The molecule has 0 aliphatic heterocycles. The molecule has 2 rings (SSSR count). The van der Waals surface area contributed by atoms with Gasteiger partial charge in [-0.05, 0) is 47.5 Å². The molecule has 0 fully saturated rings. The zero-order valence-electron chi connectivity index (χ0n) is 18.5. The lowest BCUT2D eigenvalue weighted by Crippen LogP contribution is -2.24. The molecular weight excluding hydrogens is 468 g/mol. The van der Waals surface area contributed by atoms with E-state index in [0.29, 0.717) is 23.7 Å². The van der Waals surface area contributed by atoms with Crippen molar-refractivity contribution in [1.82, 2.24) is 0 Å². The van der Waals surface area contributed by atoms with Crippen molar-refractivity contribution in [2.45, 2.75) is 12.2 Å². The first kappa shape index (κ1) is 27.1. The fourth-order valence-electron chi connectivity index (χ4n) is 2.71. The highest BCUT2D eigenvalue weighted by atomic mass is 32.2. The number of benzene rings is 2. The number of aliphatic hydroxyl groups excluding tert-OH is 2. The highest BCUT2D eigenvalue weighted by Crippen LogP contribution is 2.23. The Morgan fingerprint density at radius 1 is 0.906 bits per heavy atom. The molecule has 0 heterocycles. The number of rotatable bonds is 16. The molecule has 2 aromatic carbocycles. The summed E-state index contributed by atoms with van der Waals surface area (Å²) in [4.78, 5) is 12.3. The third-order valence-corrected chi connectivity index (χ3v) is 6.94. The Morgan fingerprint density at radius 2 is 1.66 bits per heavy atom. The molecule has 0 saturated carbocycles. The van der Waals surface area contributed by atoms with Crippen LogP contribution in [0, 0.1) is 0 Å². The van der Waals surface area contributed by atoms with E-state index in [0.717, 1.165) is 28.0 Å². The lowest BCUT2D eigenvalue weighted by Gasteiger charge is -2.13. The number of aliphatic hydroxyl groups is 2. The van der Waals surface area contributed by atoms with E-state index < -0.39 is 18.2 Å². The van der Waals surface area contributed by atoms with Gasteiger partial charge in [-0.1, -0.05) is 12.1 Å². The molecule has 0 aliphatic carbocycles. The van der Waals surface area contributed by atoms with E-state index in [4.69, 9.17) is 14.2 Å². The minimum atomic E-state index is -0.691. The van der Waals surface area contributed by atoms with Gasteiger partial charge in [-0.25, -0.2) is 4.79 Å². The Labute approximate surface area is 202 Å². The maximum atomic E-state index is 12.3. The topological polar surface area (TPSA) is 85.2 Å².